The van der Waals surface area contributed by atoms with Gasteiger partial charge in [-0.1, -0.05) is 97.1 Å². The molecule has 0 radical (unpaired) electrons. The minimum atomic E-state index is -0.196. The van der Waals surface area contributed by atoms with Gasteiger partial charge in [0.05, 0.1) is 10.9 Å². The number of hydrogen-bond acceptors (Lipinski definition) is 4. The molecule has 42 heavy (non-hydrogen) atoms. The van der Waals surface area contributed by atoms with Crippen molar-refractivity contribution in [3.05, 3.63) is 142 Å². The quantitative estimate of drug-likeness (QED) is 0.220. The molecule has 5 nitrogen and oxygen atoms in total. The maximum absolute atomic E-state index is 13.5. The number of benzene rings is 4. The van der Waals surface area contributed by atoms with Gasteiger partial charge < -0.3 is 14.6 Å². The monoisotopic (exact) mass is 556 g/mol. The Bertz CT molecular complexity index is 1670. The Kier molecular flexibility index (Phi) is 8.29. The molecular weight excluding hydrogens is 520 g/mol. The fraction of sp³-hybridized carbons (Fsp3) is 0.243. The van der Waals surface area contributed by atoms with Gasteiger partial charge in [0.25, 0.3) is 5.91 Å². The van der Waals surface area contributed by atoms with Crippen molar-refractivity contribution >= 4 is 16.9 Å². The van der Waals surface area contributed by atoms with Crippen molar-refractivity contribution < 1.29 is 9.21 Å². The zero-order valence-corrected chi connectivity index (χ0v) is 24.0. The van der Waals surface area contributed by atoms with Gasteiger partial charge in [-0.05, 0) is 56.0 Å². The lowest BCUT2D eigenvalue weighted by molar-refractivity contribution is 0.0911. The second-order valence-electron chi connectivity index (χ2n) is 11.2. The second kappa shape index (κ2) is 12.6. The number of amides is 1. The molecular formula is C37H36N2O3. The predicted octanol–water partition coefficient (Wildman–Crippen LogP) is 7.18. The van der Waals surface area contributed by atoms with Gasteiger partial charge in [0.15, 0.2) is 11.0 Å². The van der Waals surface area contributed by atoms with E-state index in [4.69, 9.17) is 4.42 Å². The van der Waals surface area contributed by atoms with Crippen LogP contribution >= 0.6 is 0 Å². The van der Waals surface area contributed by atoms with Crippen LogP contribution < -0.4 is 10.7 Å². The maximum atomic E-state index is 13.5. The van der Waals surface area contributed by atoms with Gasteiger partial charge >= 0.3 is 0 Å². The molecule has 0 bridgehead atoms. The highest BCUT2D eigenvalue weighted by atomic mass is 16.3. The summed E-state index contributed by atoms with van der Waals surface area (Å²) in [4.78, 5) is 29.2. The van der Waals surface area contributed by atoms with E-state index in [0.29, 0.717) is 33.8 Å². The average Bonchev–Trinajstić information content (AvgIpc) is 3.05. The van der Waals surface area contributed by atoms with E-state index in [1.165, 1.54) is 11.1 Å². The highest BCUT2D eigenvalue weighted by Gasteiger charge is 2.24. The summed E-state index contributed by atoms with van der Waals surface area (Å²) in [6, 6.07) is 36.4. The van der Waals surface area contributed by atoms with Crippen LogP contribution in [0, 0.1) is 6.92 Å². The summed E-state index contributed by atoms with van der Waals surface area (Å²) in [5.41, 5.74) is 4.69. The fourth-order valence-electron chi connectivity index (χ4n) is 6.13. The van der Waals surface area contributed by atoms with Gasteiger partial charge in [-0.25, -0.2) is 0 Å². The number of rotatable bonds is 8. The molecule has 0 atom stereocenters. The molecule has 212 valence electrons. The van der Waals surface area contributed by atoms with Crippen LogP contribution in [0.3, 0.4) is 0 Å². The van der Waals surface area contributed by atoms with Crippen LogP contribution in [-0.2, 0) is 0 Å². The Labute approximate surface area is 246 Å². The molecule has 1 amide bonds. The Morgan fingerprint density at radius 3 is 2.05 bits per heavy atom. The van der Waals surface area contributed by atoms with Crippen molar-refractivity contribution in [2.75, 3.05) is 19.6 Å². The van der Waals surface area contributed by atoms with Crippen LogP contribution in [0.15, 0.2) is 118 Å². The first-order valence-corrected chi connectivity index (χ1v) is 14.8. The summed E-state index contributed by atoms with van der Waals surface area (Å²) < 4.78 is 6.28. The zero-order valence-electron chi connectivity index (χ0n) is 24.0. The molecule has 1 N–H and O–H groups in total. The van der Waals surface area contributed by atoms with Crippen LogP contribution in [0.1, 0.15) is 52.2 Å². The van der Waals surface area contributed by atoms with E-state index in [1.807, 2.05) is 30.3 Å². The number of nitrogens with zero attached hydrogens (tertiary/aromatic N) is 1. The minimum Gasteiger partial charge on any atom is -0.455 e. The second-order valence-corrected chi connectivity index (χ2v) is 11.2. The predicted molar refractivity (Wildman–Crippen MR) is 169 cm³/mol. The van der Waals surface area contributed by atoms with Crippen LogP contribution in [0.5, 0.6) is 0 Å². The van der Waals surface area contributed by atoms with Crippen molar-refractivity contribution in [1.82, 2.24) is 10.2 Å². The molecule has 1 aliphatic heterocycles. The summed E-state index contributed by atoms with van der Waals surface area (Å²) in [5.74, 6) is 0.666. The molecule has 1 fully saturated rings. The van der Waals surface area contributed by atoms with Gasteiger partial charge in [-0.3, -0.25) is 9.59 Å². The van der Waals surface area contributed by atoms with Crippen LogP contribution in [0.2, 0.25) is 0 Å². The summed E-state index contributed by atoms with van der Waals surface area (Å²) in [6.45, 7) is 4.65. The highest BCUT2D eigenvalue weighted by molar-refractivity contribution is 6.05. The molecule has 4 aromatic carbocycles. The average molecular weight is 557 g/mol. The number of likely N-dealkylation sites (tertiary alicyclic amines) is 1. The third-order valence-corrected chi connectivity index (χ3v) is 8.49. The maximum Gasteiger partial charge on any atom is 0.255 e. The topological polar surface area (TPSA) is 62.6 Å². The lowest BCUT2D eigenvalue weighted by Gasteiger charge is -2.33. The first-order valence-electron chi connectivity index (χ1n) is 14.8. The van der Waals surface area contributed by atoms with Crippen molar-refractivity contribution in [3.8, 4) is 11.3 Å². The number of piperidine rings is 1. The van der Waals surface area contributed by atoms with Gasteiger partial charge in [0, 0.05) is 36.2 Å². The largest absolute Gasteiger partial charge is 0.455 e. The molecule has 5 aromatic rings. The number of fused-ring (bicyclic) bond motifs is 1. The molecule has 5 heteroatoms. The molecule has 6 rings (SSSR count). The zero-order chi connectivity index (χ0) is 28.9. The molecule has 1 aliphatic rings. The number of carbonyl (C=O) groups is 1. The lowest BCUT2D eigenvalue weighted by Crippen LogP contribution is -2.45. The van der Waals surface area contributed by atoms with Crippen molar-refractivity contribution in [1.29, 1.82) is 0 Å². The first kappa shape index (κ1) is 27.7. The Morgan fingerprint density at radius 2 is 1.43 bits per heavy atom. The van der Waals surface area contributed by atoms with E-state index in [9.17, 15) is 9.59 Å². The Balaban J connectivity index is 1.12. The minimum absolute atomic E-state index is 0.0776. The third-order valence-electron chi connectivity index (χ3n) is 8.49. The van der Waals surface area contributed by atoms with Crippen LogP contribution in [0.25, 0.3) is 22.3 Å². The normalized spacial score (nSPS) is 14.3. The molecule has 1 saturated heterocycles. The number of para-hydroxylation sites is 1. The standard InChI is InChI=1S/C37H36N2O3/c1-26-34(40)32-18-11-19-33(36(32)42-35(26)29-16-9-4-10-17-29)37(41)38-30-20-23-39(24-21-30)25-22-31(27-12-5-2-6-13-27)28-14-7-3-8-15-28/h2-19,30-31H,20-25H2,1H3,(H,38,41). The molecule has 2 heterocycles. The summed E-state index contributed by atoms with van der Waals surface area (Å²) in [5, 5.41) is 3.66. The van der Waals surface area contributed by atoms with E-state index in [-0.39, 0.29) is 17.4 Å². The van der Waals surface area contributed by atoms with Crippen molar-refractivity contribution in [3.63, 3.8) is 0 Å². The van der Waals surface area contributed by atoms with E-state index in [1.54, 1.807) is 25.1 Å². The number of hydrogen-bond donors (Lipinski definition) is 1. The van der Waals surface area contributed by atoms with E-state index < -0.39 is 0 Å². The van der Waals surface area contributed by atoms with Gasteiger partial charge in [-0.15, -0.1) is 0 Å². The summed E-state index contributed by atoms with van der Waals surface area (Å²) in [6.07, 6.45) is 2.82. The third kappa shape index (κ3) is 5.93. The first-order chi connectivity index (χ1) is 20.6. The smallest absolute Gasteiger partial charge is 0.255 e. The fourth-order valence-corrected chi connectivity index (χ4v) is 6.13. The SMILES string of the molecule is Cc1c(-c2ccccc2)oc2c(C(=O)NC3CCN(CCC(c4ccccc4)c4ccccc4)CC3)cccc2c1=O. The molecule has 0 unspecified atom stereocenters. The Morgan fingerprint density at radius 1 is 0.833 bits per heavy atom. The van der Waals surface area contributed by atoms with Gasteiger partial charge in [0.2, 0.25) is 0 Å². The van der Waals surface area contributed by atoms with Crippen LogP contribution in [-0.4, -0.2) is 36.5 Å². The summed E-state index contributed by atoms with van der Waals surface area (Å²) in [7, 11) is 0. The molecule has 0 saturated carbocycles. The Hall–Kier alpha value is -4.48. The van der Waals surface area contributed by atoms with Crippen LogP contribution in [0.4, 0.5) is 0 Å². The highest BCUT2D eigenvalue weighted by Crippen LogP contribution is 2.29. The number of nitrogens with one attached hydrogen (secondary N) is 1. The van der Waals surface area contributed by atoms with E-state index >= 15 is 0 Å². The van der Waals surface area contributed by atoms with Gasteiger partial charge in [0.1, 0.15) is 5.76 Å². The lowest BCUT2D eigenvalue weighted by atomic mass is 9.88. The number of carbonyl (C=O) groups excluding carboxylic acids is 1. The molecule has 0 spiro atoms. The summed E-state index contributed by atoms with van der Waals surface area (Å²) >= 11 is 0. The molecule has 1 aromatic heterocycles. The molecule has 0 aliphatic carbocycles. The van der Waals surface area contributed by atoms with Crippen molar-refractivity contribution in [2.45, 2.75) is 38.1 Å². The van der Waals surface area contributed by atoms with E-state index in [2.05, 4.69) is 70.9 Å². The van der Waals surface area contributed by atoms with E-state index in [0.717, 1.165) is 44.5 Å². The van der Waals surface area contributed by atoms with Gasteiger partial charge in [-0.2, -0.15) is 0 Å². The van der Waals surface area contributed by atoms with Crippen molar-refractivity contribution in [2.24, 2.45) is 0 Å².